The van der Waals surface area contributed by atoms with E-state index >= 15 is 0 Å². The number of anilines is 1. The van der Waals surface area contributed by atoms with E-state index in [0.717, 1.165) is 5.82 Å². The van der Waals surface area contributed by atoms with Gasteiger partial charge in [-0.2, -0.15) is 4.40 Å². The van der Waals surface area contributed by atoms with Crippen molar-refractivity contribution in [2.24, 2.45) is 0 Å². The number of hydrogen-bond acceptors (Lipinski definition) is 2. The highest BCUT2D eigenvalue weighted by Gasteiger charge is 2.02. The number of hydrogen-bond donors (Lipinski definition) is 1. The standard InChI is InChI=1S/C7H7N2S.ClH/c8-6-5-10-7-3-1-2-4-9(6)7;/h1-5H,8H2;1H/q+1;/p-1. The molecule has 58 valence electrons. The first-order valence-electron chi connectivity index (χ1n) is 3.01. The Morgan fingerprint density at radius 3 is 2.91 bits per heavy atom. The van der Waals surface area contributed by atoms with E-state index in [1.54, 1.807) is 11.3 Å². The van der Waals surface area contributed by atoms with Crippen molar-refractivity contribution in [3.05, 3.63) is 29.8 Å². The Kier molecular flexibility index (Phi) is 2.31. The average molecular weight is 187 g/mol. The largest absolute Gasteiger partial charge is 1.00 e. The summed E-state index contributed by atoms with van der Waals surface area (Å²) in [4.78, 5) is 1.18. The molecule has 2 heterocycles. The Morgan fingerprint density at radius 2 is 2.18 bits per heavy atom. The zero-order valence-corrected chi connectivity index (χ0v) is 7.27. The summed E-state index contributed by atoms with van der Waals surface area (Å²) in [7, 11) is 0. The molecule has 0 radical (unpaired) electrons. The minimum absolute atomic E-state index is 0. The van der Waals surface area contributed by atoms with Crippen LogP contribution in [-0.4, -0.2) is 0 Å². The predicted molar refractivity (Wildman–Crippen MR) is 41.9 cm³/mol. The molecule has 2 aromatic heterocycles. The number of thiazole rings is 1. The topological polar surface area (TPSA) is 30.1 Å². The van der Waals surface area contributed by atoms with E-state index in [0.29, 0.717) is 0 Å². The molecule has 0 spiro atoms. The van der Waals surface area contributed by atoms with Crippen LogP contribution < -0.4 is 22.5 Å². The van der Waals surface area contributed by atoms with Crippen LogP contribution in [0.5, 0.6) is 0 Å². The van der Waals surface area contributed by atoms with Crippen LogP contribution >= 0.6 is 11.3 Å². The van der Waals surface area contributed by atoms with E-state index in [1.165, 1.54) is 4.83 Å². The summed E-state index contributed by atoms with van der Waals surface area (Å²) in [6, 6.07) is 6.02. The second-order valence-corrected chi connectivity index (χ2v) is 2.96. The third-order valence-electron chi connectivity index (χ3n) is 1.40. The van der Waals surface area contributed by atoms with Gasteiger partial charge in [-0.3, -0.25) is 5.73 Å². The summed E-state index contributed by atoms with van der Waals surface area (Å²) in [6.45, 7) is 0. The fraction of sp³-hybridized carbons (Fsp3) is 0. The molecule has 0 bridgehead atoms. The Morgan fingerprint density at radius 1 is 1.36 bits per heavy atom. The molecule has 0 saturated carbocycles. The van der Waals surface area contributed by atoms with Crippen LogP contribution in [0.2, 0.25) is 0 Å². The highest BCUT2D eigenvalue weighted by atomic mass is 35.5. The SMILES string of the molecule is Nc1csc2cccc[n+]12.[Cl-]. The third kappa shape index (κ3) is 1.29. The van der Waals surface area contributed by atoms with Crippen molar-refractivity contribution >= 4 is 22.0 Å². The van der Waals surface area contributed by atoms with Crippen LogP contribution in [0, 0.1) is 0 Å². The summed E-state index contributed by atoms with van der Waals surface area (Å²) in [5, 5.41) is 1.94. The highest BCUT2D eigenvalue weighted by Crippen LogP contribution is 2.08. The van der Waals surface area contributed by atoms with Gasteiger partial charge in [-0.15, -0.1) is 0 Å². The summed E-state index contributed by atoms with van der Waals surface area (Å²) < 4.78 is 1.96. The normalized spacial score (nSPS) is 9.45. The molecule has 0 aliphatic carbocycles. The number of rotatable bonds is 0. The number of nitrogens with two attached hydrogens (primary N) is 1. The molecule has 4 heteroatoms. The molecule has 11 heavy (non-hydrogen) atoms. The van der Waals surface area contributed by atoms with Gasteiger partial charge >= 0.3 is 0 Å². The van der Waals surface area contributed by atoms with Crippen molar-refractivity contribution in [3.8, 4) is 0 Å². The molecule has 2 rings (SSSR count). The second-order valence-electron chi connectivity index (χ2n) is 2.07. The molecule has 0 unspecified atom stereocenters. The van der Waals surface area contributed by atoms with E-state index in [1.807, 2.05) is 34.2 Å². The molecule has 0 aliphatic rings. The molecule has 2 aromatic rings. The van der Waals surface area contributed by atoms with Crippen molar-refractivity contribution < 1.29 is 16.8 Å². The molecule has 0 saturated heterocycles. The maximum absolute atomic E-state index is 5.65. The lowest BCUT2D eigenvalue weighted by Crippen LogP contribution is -3.00. The molecule has 2 nitrogen and oxygen atoms in total. The average Bonchev–Trinajstić information content (AvgIpc) is 2.34. The van der Waals surface area contributed by atoms with Crippen molar-refractivity contribution in [2.75, 3.05) is 5.73 Å². The first-order valence-corrected chi connectivity index (χ1v) is 3.89. The summed E-state index contributed by atoms with van der Waals surface area (Å²) in [6.07, 6.45) is 1.96. The van der Waals surface area contributed by atoms with Gasteiger partial charge in [0.1, 0.15) is 0 Å². The number of fused-ring (bicyclic) bond motifs is 1. The van der Waals surface area contributed by atoms with Crippen LogP contribution in [0.1, 0.15) is 0 Å². The second kappa shape index (κ2) is 3.07. The zero-order chi connectivity index (χ0) is 6.97. The van der Waals surface area contributed by atoms with Gasteiger partial charge in [0.2, 0.25) is 0 Å². The molecule has 0 aliphatic heterocycles. The van der Waals surface area contributed by atoms with E-state index in [9.17, 15) is 0 Å². The van der Waals surface area contributed by atoms with E-state index < -0.39 is 0 Å². The van der Waals surface area contributed by atoms with Crippen molar-refractivity contribution in [2.45, 2.75) is 0 Å². The Labute approximate surface area is 74.7 Å². The number of aromatic nitrogens is 1. The molecule has 0 aromatic carbocycles. The van der Waals surface area contributed by atoms with Gasteiger partial charge in [0, 0.05) is 0 Å². The van der Waals surface area contributed by atoms with Crippen molar-refractivity contribution in [3.63, 3.8) is 0 Å². The number of halogens is 1. The molecule has 2 N–H and O–H groups in total. The van der Waals surface area contributed by atoms with E-state index in [4.69, 9.17) is 5.73 Å². The quantitative estimate of drug-likeness (QED) is 0.478. The van der Waals surface area contributed by atoms with Crippen molar-refractivity contribution in [1.29, 1.82) is 0 Å². The molecule has 0 amide bonds. The third-order valence-corrected chi connectivity index (χ3v) is 2.33. The lowest BCUT2D eigenvalue weighted by Gasteiger charge is -1.83. The highest BCUT2D eigenvalue weighted by molar-refractivity contribution is 7.15. The Hall–Kier alpha value is -0.800. The fourth-order valence-corrected chi connectivity index (χ4v) is 1.71. The number of pyridine rings is 1. The van der Waals surface area contributed by atoms with Gasteiger partial charge < -0.3 is 12.4 Å². The van der Waals surface area contributed by atoms with Gasteiger partial charge in [0.05, 0.1) is 11.6 Å². The van der Waals surface area contributed by atoms with Gasteiger partial charge in [0.15, 0.2) is 4.83 Å². The lowest BCUT2D eigenvalue weighted by atomic mass is 10.5. The first-order chi connectivity index (χ1) is 4.88. The minimum Gasteiger partial charge on any atom is -1.00 e. The lowest BCUT2D eigenvalue weighted by molar-refractivity contribution is -0.491. The van der Waals surface area contributed by atoms with Crippen LogP contribution in [-0.2, 0) is 0 Å². The summed E-state index contributed by atoms with van der Waals surface area (Å²) in [5.41, 5.74) is 5.65. The van der Waals surface area contributed by atoms with E-state index in [-0.39, 0.29) is 12.4 Å². The van der Waals surface area contributed by atoms with Gasteiger partial charge in [-0.1, -0.05) is 17.4 Å². The summed E-state index contributed by atoms with van der Waals surface area (Å²) >= 11 is 1.65. The Bertz CT molecular complexity index is 358. The molecular weight excluding hydrogens is 180 g/mol. The Balaban J connectivity index is 0.000000605. The van der Waals surface area contributed by atoms with E-state index in [2.05, 4.69) is 0 Å². The molecule has 0 atom stereocenters. The maximum atomic E-state index is 5.65. The van der Waals surface area contributed by atoms with Gasteiger partial charge in [-0.05, 0) is 12.1 Å². The monoisotopic (exact) mass is 186 g/mol. The zero-order valence-electron chi connectivity index (χ0n) is 5.70. The maximum Gasteiger partial charge on any atom is 0.288 e. The number of nitrogens with zero attached hydrogens (tertiary/aromatic N) is 1. The minimum atomic E-state index is 0. The van der Waals surface area contributed by atoms with Gasteiger partial charge in [0.25, 0.3) is 5.82 Å². The fourth-order valence-electron chi connectivity index (χ4n) is 0.914. The summed E-state index contributed by atoms with van der Waals surface area (Å²) in [5.74, 6) is 0.806. The number of nitrogen functional groups attached to an aromatic ring is 1. The van der Waals surface area contributed by atoms with Crippen LogP contribution in [0.3, 0.4) is 0 Å². The van der Waals surface area contributed by atoms with Crippen LogP contribution in [0.15, 0.2) is 29.8 Å². The van der Waals surface area contributed by atoms with Gasteiger partial charge in [-0.25, -0.2) is 0 Å². The van der Waals surface area contributed by atoms with Crippen molar-refractivity contribution in [1.82, 2.24) is 0 Å². The van der Waals surface area contributed by atoms with Crippen LogP contribution in [0.25, 0.3) is 4.83 Å². The molecular formula is C7H7ClN2S. The smallest absolute Gasteiger partial charge is 0.288 e. The first kappa shape index (κ1) is 8.30. The van der Waals surface area contributed by atoms with Crippen LogP contribution in [0.4, 0.5) is 5.82 Å². The predicted octanol–water partition coefficient (Wildman–Crippen LogP) is -1.93. The molecule has 0 fully saturated rings.